The topological polar surface area (TPSA) is 155 Å². The number of rotatable bonds is 10. The maximum atomic E-state index is 12.7. The number of carboxylic acid groups (broad SMARTS) is 1. The van der Waals surface area contributed by atoms with Crippen LogP contribution in [0.25, 0.3) is 11.1 Å². The minimum absolute atomic E-state index is 0.182. The van der Waals surface area contributed by atoms with E-state index < -0.39 is 17.3 Å². The first-order valence-electron chi connectivity index (χ1n) is 13.4. The molecule has 4 aromatic rings. The third-order valence-electron chi connectivity index (χ3n) is 6.66. The number of aromatic hydroxyl groups is 1. The van der Waals surface area contributed by atoms with Crippen LogP contribution in [-0.4, -0.2) is 52.3 Å². The van der Waals surface area contributed by atoms with Gasteiger partial charge in [-0.05, 0) is 71.6 Å². The molecule has 0 bridgehead atoms. The van der Waals surface area contributed by atoms with Gasteiger partial charge in [0.1, 0.15) is 23.0 Å². The highest BCUT2D eigenvalue weighted by Gasteiger charge is 2.31. The molecular formula is C32H27N3O8S. The Bertz CT molecular complexity index is 1690. The Morgan fingerprint density at radius 2 is 1.50 bits per heavy atom. The van der Waals surface area contributed by atoms with Gasteiger partial charge >= 0.3 is 6.09 Å². The zero-order valence-electron chi connectivity index (χ0n) is 23.4. The smallest absolute Gasteiger partial charge is 0.411 e. The normalized spacial score (nSPS) is 14.1. The molecule has 1 atom stereocenters. The largest absolute Gasteiger partial charge is 0.508 e. The summed E-state index contributed by atoms with van der Waals surface area (Å²) in [5, 5.41) is 23.2. The van der Waals surface area contributed by atoms with E-state index in [1.54, 1.807) is 72.8 Å². The molecule has 1 aliphatic heterocycles. The third-order valence-corrected chi connectivity index (χ3v) is 7.64. The number of hydrogen-bond acceptors (Lipinski definition) is 8. The van der Waals surface area contributed by atoms with Crippen molar-refractivity contribution in [2.24, 2.45) is 0 Å². The average molecular weight is 614 g/mol. The van der Waals surface area contributed by atoms with E-state index in [1.165, 1.54) is 13.1 Å². The highest BCUT2D eigenvalue weighted by Crippen LogP contribution is 2.33. The number of carbonyl (C=O) groups is 4. The van der Waals surface area contributed by atoms with E-state index in [4.69, 9.17) is 9.47 Å². The van der Waals surface area contributed by atoms with Crippen molar-refractivity contribution < 1.29 is 38.9 Å². The summed E-state index contributed by atoms with van der Waals surface area (Å²) < 4.78 is 11.5. The minimum Gasteiger partial charge on any atom is -0.508 e. The molecule has 0 aliphatic carbocycles. The van der Waals surface area contributed by atoms with E-state index in [0.29, 0.717) is 23.7 Å². The fourth-order valence-electron chi connectivity index (χ4n) is 4.37. The van der Waals surface area contributed by atoms with Gasteiger partial charge in [0.2, 0.25) is 5.91 Å². The lowest BCUT2D eigenvalue weighted by Gasteiger charge is -2.19. The first-order valence-corrected chi connectivity index (χ1v) is 14.2. The summed E-state index contributed by atoms with van der Waals surface area (Å²) in [6.07, 6.45) is -0.849. The van der Waals surface area contributed by atoms with Crippen molar-refractivity contribution >= 4 is 46.3 Å². The standard InChI is InChI=1S/C32H27N3O8S/c1-35(32(40)41)27-17-25(43-24-12-6-21(7-13-24)20-4-8-22(36)9-5-20)14-15-26(27)33-29(37)18-42-23-10-2-19(3-11-23)16-28-30(38)34-31(39)44-28/h2-15,17,28,36H,16,18H2,1H3,(H,33,37)(H,40,41)(H,34,38,39). The van der Waals surface area contributed by atoms with Gasteiger partial charge in [0, 0.05) is 13.1 Å². The zero-order chi connectivity index (χ0) is 31.2. The van der Waals surface area contributed by atoms with Gasteiger partial charge in [0.15, 0.2) is 6.61 Å². The van der Waals surface area contributed by atoms with Gasteiger partial charge in [-0.3, -0.25) is 24.6 Å². The number of amides is 4. The summed E-state index contributed by atoms with van der Waals surface area (Å²) >= 11 is 0.955. The Morgan fingerprint density at radius 1 is 0.886 bits per heavy atom. The van der Waals surface area contributed by atoms with E-state index in [0.717, 1.165) is 33.4 Å². The number of phenols is 1. The van der Waals surface area contributed by atoms with Gasteiger partial charge in [-0.25, -0.2) is 4.79 Å². The van der Waals surface area contributed by atoms with Gasteiger partial charge < -0.3 is 25.0 Å². The van der Waals surface area contributed by atoms with Crippen LogP contribution in [0.15, 0.2) is 91.0 Å². The molecule has 11 nitrogen and oxygen atoms in total. The molecule has 1 heterocycles. The molecule has 0 radical (unpaired) electrons. The van der Waals surface area contributed by atoms with E-state index in [9.17, 15) is 29.4 Å². The van der Waals surface area contributed by atoms with Gasteiger partial charge in [0.05, 0.1) is 16.6 Å². The molecule has 1 saturated heterocycles. The molecular weight excluding hydrogens is 586 g/mol. The molecule has 0 saturated carbocycles. The second-order valence-corrected chi connectivity index (χ2v) is 10.9. The van der Waals surface area contributed by atoms with Crippen molar-refractivity contribution in [2.45, 2.75) is 11.7 Å². The summed E-state index contributed by atoms with van der Waals surface area (Å²) in [5.41, 5.74) is 3.13. The molecule has 0 aromatic heterocycles. The lowest BCUT2D eigenvalue weighted by atomic mass is 10.1. The van der Waals surface area contributed by atoms with Gasteiger partial charge in [-0.15, -0.1) is 0 Å². The predicted octanol–water partition coefficient (Wildman–Crippen LogP) is 5.88. The van der Waals surface area contributed by atoms with Crippen molar-refractivity contribution in [3.05, 3.63) is 96.6 Å². The molecule has 1 fully saturated rings. The molecule has 1 aliphatic rings. The first kappa shape index (κ1) is 30.0. The van der Waals surface area contributed by atoms with Gasteiger partial charge in [-0.2, -0.15) is 0 Å². The van der Waals surface area contributed by atoms with Crippen LogP contribution < -0.4 is 25.0 Å². The summed E-state index contributed by atoms with van der Waals surface area (Å²) in [6, 6.07) is 25.6. The molecule has 12 heteroatoms. The second-order valence-electron chi connectivity index (χ2n) is 9.76. The quantitative estimate of drug-likeness (QED) is 0.172. The van der Waals surface area contributed by atoms with Crippen LogP contribution in [0.5, 0.6) is 23.0 Å². The third kappa shape index (κ3) is 7.47. The highest BCUT2D eigenvalue weighted by molar-refractivity contribution is 8.15. The number of anilines is 2. The molecule has 4 N–H and O–H groups in total. The summed E-state index contributed by atoms with van der Waals surface area (Å²) in [6.45, 7) is -0.337. The average Bonchev–Trinajstić information content (AvgIpc) is 3.33. The van der Waals surface area contributed by atoms with Crippen molar-refractivity contribution in [1.29, 1.82) is 0 Å². The first-order chi connectivity index (χ1) is 21.1. The van der Waals surface area contributed by atoms with Crippen molar-refractivity contribution in [2.75, 3.05) is 23.9 Å². The maximum absolute atomic E-state index is 12.7. The predicted molar refractivity (Wildman–Crippen MR) is 166 cm³/mol. The number of ether oxygens (including phenoxy) is 2. The lowest BCUT2D eigenvalue weighted by Crippen LogP contribution is -2.27. The van der Waals surface area contributed by atoms with Crippen LogP contribution in [0, 0.1) is 0 Å². The summed E-state index contributed by atoms with van der Waals surface area (Å²) in [7, 11) is 1.35. The monoisotopic (exact) mass is 613 g/mol. The Labute approximate surface area is 256 Å². The van der Waals surface area contributed by atoms with E-state index in [1.807, 2.05) is 12.1 Å². The maximum Gasteiger partial charge on any atom is 0.411 e. The molecule has 5 rings (SSSR count). The van der Waals surface area contributed by atoms with Gasteiger partial charge in [0.25, 0.3) is 11.1 Å². The Hall–Kier alpha value is -5.49. The Morgan fingerprint density at radius 3 is 2.11 bits per heavy atom. The SMILES string of the molecule is CN(C(=O)O)c1cc(Oc2ccc(-c3ccc(O)cc3)cc2)ccc1NC(=O)COc1ccc(CC2SC(=O)NC2=O)cc1. The lowest BCUT2D eigenvalue weighted by molar-refractivity contribution is -0.119. The van der Waals surface area contributed by atoms with Crippen LogP contribution in [0.1, 0.15) is 5.56 Å². The number of benzene rings is 4. The molecule has 44 heavy (non-hydrogen) atoms. The van der Waals surface area contributed by atoms with Crippen molar-refractivity contribution in [1.82, 2.24) is 5.32 Å². The highest BCUT2D eigenvalue weighted by atomic mass is 32.2. The molecule has 1 unspecified atom stereocenters. The summed E-state index contributed by atoms with van der Waals surface area (Å²) in [5.74, 6) is 0.660. The zero-order valence-corrected chi connectivity index (χ0v) is 24.2. The number of carbonyl (C=O) groups excluding carboxylic acids is 3. The number of hydrogen-bond donors (Lipinski definition) is 4. The number of phenolic OH excluding ortho intramolecular Hbond substituents is 1. The number of thioether (sulfide) groups is 1. The minimum atomic E-state index is -1.23. The molecule has 0 spiro atoms. The molecule has 4 amide bonds. The molecule has 4 aromatic carbocycles. The fraction of sp³-hybridized carbons (Fsp3) is 0.125. The fourth-order valence-corrected chi connectivity index (χ4v) is 5.22. The molecule has 224 valence electrons. The van der Waals surface area contributed by atoms with Crippen LogP contribution in [0.3, 0.4) is 0 Å². The summed E-state index contributed by atoms with van der Waals surface area (Å²) in [4.78, 5) is 48.6. The van der Waals surface area contributed by atoms with Crippen molar-refractivity contribution in [3.63, 3.8) is 0 Å². The van der Waals surface area contributed by atoms with Gasteiger partial charge in [-0.1, -0.05) is 48.2 Å². The van der Waals surface area contributed by atoms with Crippen LogP contribution in [0.2, 0.25) is 0 Å². The van der Waals surface area contributed by atoms with Crippen LogP contribution in [0.4, 0.5) is 21.0 Å². The van der Waals surface area contributed by atoms with E-state index in [-0.39, 0.29) is 34.9 Å². The van der Waals surface area contributed by atoms with Crippen molar-refractivity contribution in [3.8, 4) is 34.1 Å². The Balaban J connectivity index is 1.21. The Kier molecular flexibility index (Phi) is 9.01. The second kappa shape index (κ2) is 13.2. The van der Waals surface area contributed by atoms with Crippen LogP contribution >= 0.6 is 11.8 Å². The van der Waals surface area contributed by atoms with E-state index >= 15 is 0 Å². The number of imide groups is 1. The number of nitrogens with one attached hydrogen (secondary N) is 2. The van der Waals surface area contributed by atoms with Crippen LogP contribution in [-0.2, 0) is 16.0 Å². The van der Waals surface area contributed by atoms with E-state index in [2.05, 4.69) is 10.6 Å². The number of nitrogens with zero attached hydrogens (tertiary/aromatic N) is 1.